The summed E-state index contributed by atoms with van der Waals surface area (Å²) in [4.78, 5) is 15.2. The van der Waals surface area contributed by atoms with E-state index in [2.05, 4.69) is 10.1 Å². The van der Waals surface area contributed by atoms with Crippen LogP contribution in [0.25, 0.3) is 21.9 Å². The second-order valence-electron chi connectivity index (χ2n) is 4.65. The van der Waals surface area contributed by atoms with Crippen molar-refractivity contribution >= 4 is 10.8 Å². The van der Waals surface area contributed by atoms with Gasteiger partial charge in [-0.25, -0.2) is 0 Å². The maximum atomic E-state index is 12.3. The minimum Gasteiger partial charge on any atom is -0.326 e. The van der Waals surface area contributed by atoms with E-state index in [1.807, 2.05) is 44.4 Å². The van der Waals surface area contributed by atoms with E-state index in [4.69, 9.17) is 0 Å². The summed E-state index contributed by atoms with van der Waals surface area (Å²) >= 11 is 0. The number of hydrogen-bond donors (Lipinski definition) is 1. The molecule has 4 heteroatoms. The standard InChI is InChI=1S/C15H15N3O/c1-3-12-7-10-5-4-6-13(14(10)15(19)17-12)11-8-16-18(2)9-11/h4-9H,3H2,1-2H3,(H,17,19). The summed E-state index contributed by atoms with van der Waals surface area (Å²) in [7, 11) is 1.87. The van der Waals surface area contributed by atoms with Gasteiger partial charge in [0.25, 0.3) is 5.56 Å². The summed E-state index contributed by atoms with van der Waals surface area (Å²) in [6.45, 7) is 2.03. The average Bonchev–Trinajstić information content (AvgIpc) is 2.84. The zero-order valence-electron chi connectivity index (χ0n) is 11.0. The minimum atomic E-state index is -0.0335. The molecule has 0 fully saturated rings. The van der Waals surface area contributed by atoms with Crippen molar-refractivity contribution in [3.8, 4) is 11.1 Å². The van der Waals surface area contributed by atoms with Gasteiger partial charge in [0.05, 0.1) is 11.6 Å². The summed E-state index contributed by atoms with van der Waals surface area (Å²) in [5.41, 5.74) is 2.81. The van der Waals surface area contributed by atoms with Crippen LogP contribution in [-0.2, 0) is 13.5 Å². The van der Waals surface area contributed by atoms with Crippen molar-refractivity contribution in [2.45, 2.75) is 13.3 Å². The van der Waals surface area contributed by atoms with Crippen LogP contribution in [0.2, 0.25) is 0 Å². The highest BCUT2D eigenvalue weighted by Crippen LogP contribution is 2.25. The van der Waals surface area contributed by atoms with Gasteiger partial charge in [0.15, 0.2) is 0 Å². The quantitative estimate of drug-likeness (QED) is 0.762. The molecule has 0 radical (unpaired) electrons. The number of pyridine rings is 1. The van der Waals surface area contributed by atoms with Crippen LogP contribution in [0.4, 0.5) is 0 Å². The van der Waals surface area contributed by atoms with Gasteiger partial charge >= 0.3 is 0 Å². The zero-order chi connectivity index (χ0) is 13.4. The first-order valence-electron chi connectivity index (χ1n) is 6.33. The largest absolute Gasteiger partial charge is 0.326 e. The van der Waals surface area contributed by atoms with Crippen molar-refractivity contribution in [2.75, 3.05) is 0 Å². The molecule has 0 unspecified atom stereocenters. The Labute approximate surface area is 110 Å². The molecule has 4 nitrogen and oxygen atoms in total. The van der Waals surface area contributed by atoms with Crippen LogP contribution in [0.5, 0.6) is 0 Å². The van der Waals surface area contributed by atoms with Crippen LogP contribution < -0.4 is 5.56 Å². The third-order valence-corrected chi connectivity index (χ3v) is 3.32. The fourth-order valence-corrected chi connectivity index (χ4v) is 2.37. The molecule has 2 heterocycles. The van der Waals surface area contributed by atoms with Crippen molar-refractivity contribution in [3.05, 3.63) is 52.7 Å². The molecule has 0 aliphatic carbocycles. The second kappa shape index (κ2) is 4.39. The highest BCUT2D eigenvalue weighted by atomic mass is 16.1. The molecule has 1 aromatic carbocycles. The molecule has 0 spiro atoms. The Hall–Kier alpha value is -2.36. The SMILES string of the molecule is CCc1cc2cccc(-c3cnn(C)c3)c2c(=O)[nH]1. The minimum absolute atomic E-state index is 0.0335. The summed E-state index contributed by atoms with van der Waals surface area (Å²) < 4.78 is 1.74. The van der Waals surface area contributed by atoms with Gasteiger partial charge in [-0.2, -0.15) is 5.10 Å². The van der Waals surface area contributed by atoms with Crippen LogP contribution in [0.15, 0.2) is 41.5 Å². The molecule has 0 saturated carbocycles. The fourth-order valence-electron chi connectivity index (χ4n) is 2.37. The zero-order valence-corrected chi connectivity index (χ0v) is 11.0. The van der Waals surface area contributed by atoms with Gasteiger partial charge in [-0.05, 0) is 23.4 Å². The van der Waals surface area contributed by atoms with E-state index >= 15 is 0 Å². The molecule has 3 aromatic rings. The lowest BCUT2D eigenvalue weighted by molar-refractivity contribution is 0.768. The number of nitrogens with one attached hydrogen (secondary N) is 1. The van der Waals surface area contributed by atoms with Crippen molar-refractivity contribution in [3.63, 3.8) is 0 Å². The van der Waals surface area contributed by atoms with Gasteiger partial charge in [0.1, 0.15) is 0 Å². The molecule has 0 aliphatic rings. The van der Waals surface area contributed by atoms with Gasteiger partial charge in [-0.15, -0.1) is 0 Å². The average molecular weight is 253 g/mol. The topological polar surface area (TPSA) is 50.7 Å². The van der Waals surface area contributed by atoms with Crippen LogP contribution in [0, 0.1) is 0 Å². The molecular weight excluding hydrogens is 238 g/mol. The van der Waals surface area contributed by atoms with Crippen molar-refractivity contribution in [2.24, 2.45) is 7.05 Å². The Morgan fingerprint density at radius 2 is 2.21 bits per heavy atom. The van der Waals surface area contributed by atoms with Gasteiger partial charge in [0, 0.05) is 24.5 Å². The molecule has 19 heavy (non-hydrogen) atoms. The fraction of sp³-hybridized carbons (Fsp3) is 0.200. The lowest BCUT2D eigenvalue weighted by atomic mass is 10.0. The van der Waals surface area contributed by atoms with Crippen LogP contribution >= 0.6 is 0 Å². The maximum Gasteiger partial charge on any atom is 0.256 e. The van der Waals surface area contributed by atoms with E-state index in [1.165, 1.54) is 0 Å². The van der Waals surface area contributed by atoms with Crippen LogP contribution in [0.3, 0.4) is 0 Å². The second-order valence-corrected chi connectivity index (χ2v) is 4.65. The van der Waals surface area contributed by atoms with E-state index in [0.717, 1.165) is 34.0 Å². The first kappa shape index (κ1) is 11.7. The van der Waals surface area contributed by atoms with E-state index in [1.54, 1.807) is 10.9 Å². The predicted molar refractivity (Wildman–Crippen MR) is 76.1 cm³/mol. The molecule has 0 saturated heterocycles. The highest BCUT2D eigenvalue weighted by molar-refractivity contribution is 5.95. The van der Waals surface area contributed by atoms with Crippen molar-refractivity contribution in [1.29, 1.82) is 0 Å². The summed E-state index contributed by atoms with van der Waals surface area (Å²) in [6, 6.07) is 7.95. The Morgan fingerprint density at radius 1 is 1.37 bits per heavy atom. The Kier molecular flexibility index (Phi) is 2.71. The molecular formula is C15H15N3O. The Bertz CT molecular complexity index is 799. The van der Waals surface area contributed by atoms with Crippen LogP contribution in [0.1, 0.15) is 12.6 Å². The number of H-pyrrole nitrogens is 1. The predicted octanol–water partition coefficient (Wildman–Crippen LogP) is 2.49. The van der Waals surface area contributed by atoms with Gasteiger partial charge in [-0.1, -0.05) is 25.1 Å². The summed E-state index contributed by atoms with van der Waals surface area (Å²) in [5, 5.41) is 5.87. The highest BCUT2D eigenvalue weighted by Gasteiger charge is 2.09. The third kappa shape index (κ3) is 1.95. The number of rotatable bonds is 2. The first-order chi connectivity index (χ1) is 9.19. The Morgan fingerprint density at radius 3 is 2.89 bits per heavy atom. The van der Waals surface area contributed by atoms with E-state index in [0.29, 0.717) is 0 Å². The molecule has 3 rings (SSSR count). The first-order valence-corrected chi connectivity index (χ1v) is 6.33. The van der Waals surface area contributed by atoms with E-state index in [-0.39, 0.29) is 5.56 Å². The molecule has 0 atom stereocenters. The normalized spacial score (nSPS) is 11.1. The number of aryl methyl sites for hydroxylation is 2. The van der Waals surface area contributed by atoms with Gasteiger partial charge < -0.3 is 4.98 Å². The summed E-state index contributed by atoms with van der Waals surface area (Å²) in [5.74, 6) is 0. The maximum absolute atomic E-state index is 12.3. The monoisotopic (exact) mass is 253 g/mol. The molecule has 1 N–H and O–H groups in total. The number of benzene rings is 1. The Balaban J connectivity index is 2.35. The smallest absolute Gasteiger partial charge is 0.256 e. The lowest BCUT2D eigenvalue weighted by Crippen LogP contribution is -2.09. The molecule has 96 valence electrons. The number of aromatic amines is 1. The number of fused-ring (bicyclic) bond motifs is 1. The molecule has 0 aliphatic heterocycles. The number of hydrogen-bond acceptors (Lipinski definition) is 2. The van der Waals surface area contributed by atoms with Gasteiger partial charge in [0.2, 0.25) is 0 Å². The lowest BCUT2D eigenvalue weighted by Gasteiger charge is -2.05. The van der Waals surface area contributed by atoms with Crippen LogP contribution in [-0.4, -0.2) is 14.8 Å². The van der Waals surface area contributed by atoms with E-state index < -0.39 is 0 Å². The van der Waals surface area contributed by atoms with E-state index in [9.17, 15) is 4.79 Å². The number of nitrogens with zero attached hydrogens (tertiary/aromatic N) is 2. The van der Waals surface area contributed by atoms with Crippen molar-refractivity contribution < 1.29 is 0 Å². The third-order valence-electron chi connectivity index (χ3n) is 3.32. The molecule has 0 bridgehead atoms. The van der Waals surface area contributed by atoms with Gasteiger partial charge in [-0.3, -0.25) is 9.48 Å². The molecule has 0 amide bonds. The molecule has 2 aromatic heterocycles. The van der Waals surface area contributed by atoms with Crippen molar-refractivity contribution in [1.82, 2.24) is 14.8 Å². The summed E-state index contributed by atoms with van der Waals surface area (Å²) in [6.07, 6.45) is 4.52. The number of aromatic nitrogens is 3.